The average Bonchev–Trinajstić information content (AvgIpc) is 4.05. The second-order valence-corrected chi connectivity index (χ2v) is 12.5. The number of thiophene rings is 1. The summed E-state index contributed by atoms with van der Waals surface area (Å²) in [6.07, 6.45) is 0. The van der Waals surface area contributed by atoms with Crippen molar-refractivity contribution in [3.63, 3.8) is 0 Å². The van der Waals surface area contributed by atoms with Gasteiger partial charge in [0.15, 0.2) is 5.82 Å². The van der Waals surface area contributed by atoms with E-state index in [4.69, 9.17) is 34.1 Å². The molecule has 0 atom stereocenters. The van der Waals surface area contributed by atoms with E-state index in [0.29, 0.717) is 5.56 Å². The number of para-hydroxylation sites is 3. The van der Waals surface area contributed by atoms with Crippen LogP contribution in [0, 0.1) is 0 Å². The van der Waals surface area contributed by atoms with Gasteiger partial charge in [-0.05, 0) is 47.4 Å². The second-order valence-electron chi connectivity index (χ2n) is 11.4. The van der Waals surface area contributed by atoms with Gasteiger partial charge in [0.2, 0.25) is 11.9 Å². The van der Waals surface area contributed by atoms with Crippen LogP contribution in [0.3, 0.4) is 0 Å². The predicted molar refractivity (Wildman–Crippen MR) is 212 cm³/mol. The first-order chi connectivity index (χ1) is 33.6. The molecule has 11 aromatic rings. The lowest BCUT2D eigenvalue weighted by atomic mass is 10.0. The first-order valence-corrected chi connectivity index (χ1v) is 16.2. The van der Waals surface area contributed by atoms with E-state index in [1.807, 2.05) is 30.3 Å². The molecule has 0 N–H and O–H groups in total. The Balaban J connectivity index is 1.38. The normalized spacial score (nSPS) is 17.4. The average molecular weight is 690 g/mol. The lowest BCUT2D eigenvalue weighted by Crippen LogP contribution is -2.10. The minimum Gasteiger partial charge on any atom is -0.278 e. The Kier molecular flexibility index (Phi) is 3.24. The molecule has 0 unspecified atom stereocenters. The van der Waals surface area contributed by atoms with Crippen LogP contribution in [-0.2, 0) is 0 Å². The molecule has 6 heteroatoms. The zero-order valence-electron chi connectivity index (χ0n) is 45.7. The molecule has 0 saturated heterocycles. The topological polar surface area (TPSA) is 48.5 Å². The molecule has 0 amide bonds. The summed E-state index contributed by atoms with van der Waals surface area (Å²) >= 11 is 1.44. The van der Waals surface area contributed by atoms with Gasteiger partial charge in [-0.1, -0.05) is 127 Å². The van der Waals surface area contributed by atoms with Crippen LogP contribution in [0.15, 0.2) is 163 Å². The Hall–Kier alpha value is -6.63. The molecule has 5 nitrogen and oxygen atoms in total. The molecule has 238 valence electrons. The molecule has 11 rings (SSSR count). The molecule has 0 saturated carbocycles. The van der Waals surface area contributed by atoms with Crippen LogP contribution in [-0.4, -0.2) is 24.1 Å². The Morgan fingerprint density at radius 3 is 1.69 bits per heavy atom. The fourth-order valence-electron chi connectivity index (χ4n) is 6.38. The summed E-state index contributed by atoms with van der Waals surface area (Å²) in [6, 6.07) is -1.99. The summed E-state index contributed by atoms with van der Waals surface area (Å²) in [6.45, 7) is 0. The molecule has 7 aromatic carbocycles. The molecule has 0 bridgehead atoms. The van der Waals surface area contributed by atoms with Crippen molar-refractivity contribution in [3.8, 4) is 34.4 Å². The number of nitrogens with zero attached hydrogens (tertiary/aromatic N) is 5. The van der Waals surface area contributed by atoms with Crippen molar-refractivity contribution in [1.29, 1.82) is 0 Å². The van der Waals surface area contributed by atoms with Gasteiger partial charge < -0.3 is 0 Å². The van der Waals surface area contributed by atoms with Gasteiger partial charge in [-0.3, -0.25) is 9.13 Å². The van der Waals surface area contributed by atoms with Crippen LogP contribution in [0.4, 0.5) is 0 Å². The molecular weight excluding hydrogens is 643 g/mol. The van der Waals surface area contributed by atoms with Crippen LogP contribution in [0.1, 0.15) is 27.4 Å². The molecule has 0 aliphatic carbocycles. The van der Waals surface area contributed by atoms with Gasteiger partial charge in [0, 0.05) is 47.3 Å². The highest BCUT2D eigenvalue weighted by Crippen LogP contribution is 2.38. The summed E-state index contributed by atoms with van der Waals surface area (Å²) in [5, 5.41) is 0.427. The minimum absolute atomic E-state index is 0.197. The Morgan fingerprint density at radius 2 is 1.00 bits per heavy atom. The van der Waals surface area contributed by atoms with Crippen LogP contribution in [0.5, 0.6) is 0 Å². The fourth-order valence-corrected chi connectivity index (χ4v) is 7.53. The predicted octanol–water partition coefficient (Wildman–Crippen LogP) is 11.8. The second kappa shape index (κ2) is 10.9. The lowest BCUT2D eigenvalue weighted by molar-refractivity contribution is 0.893. The number of hydrogen-bond acceptors (Lipinski definition) is 4. The Labute approximate surface area is 324 Å². The quantitative estimate of drug-likeness (QED) is 0.185. The smallest absolute Gasteiger partial charge is 0.240 e. The molecule has 0 fully saturated rings. The third kappa shape index (κ3) is 4.30. The van der Waals surface area contributed by atoms with E-state index < -0.39 is 160 Å². The number of hydrogen-bond donors (Lipinski definition) is 0. The summed E-state index contributed by atoms with van der Waals surface area (Å²) < 4.78 is 182. The van der Waals surface area contributed by atoms with Crippen LogP contribution < -0.4 is 0 Å². The van der Waals surface area contributed by atoms with E-state index in [-0.39, 0.29) is 33.0 Å². The maximum atomic E-state index is 9.81. The third-order valence-electron chi connectivity index (χ3n) is 8.59. The highest BCUT2D eigenvalue weighted by Gasteiger charge is 2.21. The van der Waals surface area contributed by atoms with Gasteiger partial charge in [-0.15, -0.1) is 11.3 Å². The van der Waals surface area contributed by atoms with Crippen LogP contribution in [0.2, 0.25) is 0 Å². The molecule has 4 aromatic heterocycles. The van der Waals surface area contributed by atoms with Gasteiger partial charge in [0.05, 0.1) is 49.5 Å². The molecular formula is C45H27N5S. The lowest BCUT2D eigenvalue weighted by Gasteiger charge is -2.13. The van der Waals surface area contributed by atoms with E-state index in [1.165, 1.54) is 11.3 Å². The molecule has 0 spiro atoms. The van der Waals surface area contributed by atoms with Gasteiger partial charge in [-0.25, -0.2) is 0 Å². The SMILES string of the molecule is [2H]c1c([2H])c([2H])c(-c2c([2H])c([2H])c3c4c([2H])c([2H])c([2H])c([2H])c4n(-c4nc(-c5ccc6c(c5)sc5ccccc56)nc(-n5c6c([2H])c([2H])c([2H])c([2H])c6c6c([2H])c([2H])c([2H])c([2H])c65)n4)c3c2[2H])c([2H])c1[2H]. The standard InChI is InChI=1S/C45H27N5S/c1-2-12-28(13-3-1)29-22-24-34-33-16-6-10-20-39(33)50(40(34)26-29)45-47-43(30-23-25-36-35-17-7-11-21-41(35)51-42(36)27-30)46-44(48-45)49-37-18-8-4-14-31(37)32-15-5-9-19-38(32)49/h1-27H/i1D,2D,3D,4D,5D,6D,8D,9D,10D,12D,13D,14D,15D,16D,18D,19D,20D,22D,24D,26D. The zero-order valence-corrected chi connectivity index (χ0v) is 26.5. The molecule has 0 aliphatic rings. The van der Waals surface area contributed by atoms with Crippen LogP contribution in [0.25, 0.3) is 98.2 Å². The fraction of sp³-hybridized carbons (Fsp3) is 0. The van der Waals surface area contributed by atoms with E-state index in [2.05, 4.69) is 0 Å². The van der Waals surface area contributed by atoms with Crippen molar-refractivity contribution in [2.75, 3.05) is 0 Å². The monoisotopic (exact) mass is 689 g/mol. The molecule has 4 heterocycles. The maximum Gasteiger partial charge on any atom is 0.240 e. The van der Waals surface area contributed by atoms with Crippen molar-refractivity contribution < 1.29 is 27.4 Å². The summed E-state index contributed by atoms with van der Waals surface area (Å²) in [4.78, 5) is 14.4. The molecule has 51 heavy (non-hydrogen) atoms. The summed E-state index contributed by atoms with van der Waals surface area (Å²) in [5.74, 6) is -1.30. The van der Waals surface area contributed by atoms with Gasteiger partial charge in [0.1, 0.15) is 0 Å². The molecule has 0 aliphatic heterocycles. The highest BCUT2D eigenvalue weighted by molar-refractivity contribution is 7.25. The molecule has 0 radical (unpaired) electrons. The number of fused-ring (bicyclic) bond motifs is 9. The largest absolute Gasteiger partial charge is 0.278 e. The van der Waals surface area contributed by atoms with Crippen molar-refractivity contribution in [2.24, 2.45) is 0 Å². The van der Waals surface area contributed by atoms with E-state index in [1.54, 1.807) is 12.1 Å². The van der Waals surface area contributed by atoms with E-state index >= 15 is 0 Å². The first kappa shape index (κ1) is 15.1. The number of aromatic nitrogens is 5. The van der Waals surface area contributed by atoms with Crippen molar-refractivity contribution >= 4 is 75.1 Å². The van der Waals surface area contributed by atoms with Gasteiger partial charge >= 0.3 is 0 Å². The zero-order chi connectivity index (χ0) is 50.9. The Bertz CT molecular complexity index is 4210. The van der Waals surface area contributed by atoms with Crippen molar-refractivity contribution in [2.45, 2.75) is 0 Å². The Morgan fingerprint density at radius 1 is 0.431 bits per heavy atom. The third-order valence-corrected chi connectivity index (χ3v) is 9.72. The summed E-state index contributed by atoms with van der Waals surface area (Å²) in [7, 11) is 0. The maximum absolute atomic E-state index is 9.81. The first-order valence-electron chi connectivity index (χ1n) is 25.4. The van der Waals surface area contributed by atoms with Crippen molar-refractivity contribution in [1.82, 2.24) is 24.1 Å². The van der Waals surface area contributed by atoms with E-state index in [9.17, 15) is 8.22 Å². The minimum atomic E-state index is -0.814. The van der Waals surface area contributed by atoms with Crippen LogP contribution >= 0.6 is 11.3 Å². The van der Waals surface area contributed by atoms with E-state index in [0.717, 1.165) is 29.3 Å². The number of rotatable bonds is 4. The number of benzene rings is 7. The van der Waals surface area contributed by atoms with Crippen molar-refractivity contribution in [3.05, 3.63) is 163 Å². The summed E-state index contributed by atoms with van der Waals surface area (Å²) in [5.41, 5.74) is -2.60. The van der Waals surface area contributed by atoms with Gasteiger partial charge in [-0.2, -0.15) is 15.0 Å². The van der Waals surface area contributed by atoms with Gasteiger partial charge in [0.25, 0.3) is 0 Å². The highest BCUT2D eigenvalue weighted by atomic mass is 32.1.